The van der Waals surface area contributed by atoms with Crippen LogP contribution in [0.5, 0.6) is 0 Å². The Morgan fingerprint density at radius 2 is 2.06 bits per heavy atom. The van der Waals surface area contributed by atoms with Gasteiger partial charge in [0.25, 0.3) is 0 Å². The summed E-state index contributed by atoms with van der Waals surface area (Å²) in [6, 6.07) is 0.686. The third-order valence-corrected chi connectivity index (χ3v) is 4.32. The Balaban J connectivity index is 2.40. The molecule has 0 aromatic rings. The third kappa shape index (κ3) is 6.19. The zero-order chi connectivity index (χ0) is 13.4. The summed E-state index contributed by atoms with van der Waals surface area (Å²) in [5.74, 6) is 1.70. The highest BCUT2D eigenvalue weighted by atomic mass is 15.1. The number of unbranched alkanes of at least 4 members (excludes halogenated alkanes) is 1. The number of nitrogens with one attached hydrogen (secondary N) is 1. The fourth-order valence-electron chi connectivity index (χ4n) is 2.93. The molecule has 0 radical (unpaired) electrons. The molecule has 1 aliphatic heterocycles. The molecule has 2 nitrogen and oxygen atoms in total. The standard InChI is InChI=1S/C16H34N2/c1-5-7-8-16(6-2)13-18-10-9-15(4)17-11-14(3)12-18/h14-17H,5-13H2,1-4H3. The van der Waals surface area contributed by atoms with E-state index in [1.165, 1.54) is 58.3 Å². The highest BCUT2D eigenvalue weighted by Crippen LogP contribution is 2.16. The van der Waals surface area contributed by atoms with Gasteiger partial charge in [0.1, 0.15) is 0 Å². The largest absolute Gasteiger partial charge is 0.314 e. The molecule has 108 valence electrons. The summed E-state index contributed by atoms with van der Waals surface area (Å²) in [5, 5.41) is 3.63. The lowest BCUT2D eigenvalue weighted by Crippen LogP contribution is -2.43. The van der Waals surface area contributed by atoms with Gasteiger partial charge in [0, 0.05) is 19.1 Å². The van der Waals surface area contributed by atoms with Crippen molar-refractivity contribution in [1.29, 1.82) is 0 Å². The number of rotatable bonds is 6. The Kier molecular flexibility index (Phi) is 7.92. The van der Waals surface area contributed by atoms with Crippen molar-refractivity contribution >= 4 is 0 Å². The summed E-state index contributed by atoms with van der Waals surface area (Å²) < 4.78 is 0. The highest BCUT2D eigenvalue weighted by molar-refractivity contribution is 4.75. The van der Waals surface area contributed by atoms with Gasteiger partial charge in [-0.25, -0.2) is 0 Å². The fourth-order valence-corrected chi connectivity index (χ4v) is 2.93. The van der Waals surface area contributed by atoms with Gasteiger partial charge in [-0.15, -0.1) is 0 Å². The lowest BCUT2D eigenvalue weighted by atomic mass is 9.97. The molecular formula is C16H34N2. The van der Waals surface area contributed by atoms with E-state index in [4.69, 9.17) is 0 Å². The minimum Gasteiger partial charge on any atom is -0.314 e. The van der Waals surface area contributed by atoms with Crippen LogP contribution >= 0.6 is 0 Å². The maximum absolute atomic E-state index is 3.63. The zero-order valence-electron chi connectivity index (χ0n) is 13.0. The van der Waals surface area contributed by atoms with Crippen LogP contribution in [0.25, 0.3) is 0 Å². The van der Waals surface area contributed by atoms with Gasteiger partial charge in [-0.2, -0.15) is 0 Å². The van der Waals surface area contributed by atoms with E-state index in [0.29, 0.717) is 6.04 Å². The normalized spacial score (nSPS) is 28.7. The quantitative estimate of drug-likeness (QED) is 0.780. The Bertz CT molecular complexity index is 205. The Labute approximate surface area is 115 Å². The molecule has 0 amide bonds. The molecule has 0 bridgehead atoms. The first-order valence-corrected chi connectivity index (χ1v) is 8.11. The van der Waals surface area contributed by atoms with Crippen molar-refractivity contribution in [2.45, 2.75) is 65.8 Å². The number of hydrogen-bond acceptors (Lipinski definition) is 2. The molecule has 3 unspecified atom stereocenters. The average Bonchev–Trinajstić information content (AvgIpc) is 2.36. The summed E-state index contributed by atoms with van der Waals surface area (Å²) in [6.45, 7) is 14.4. The SMILES string of the molecule is CCCCC(CC)CN1CCC(C)NCC(C)C1. The molecule has 1 heterocycles. The first-order chi connectivity index (χ1) is 8.65. The van der Waals surface area contributed by atoms with Crippen LogP contribution in [0.3, 0.4) is 0 Å². The molecule has 1 saturated heterocycles. The van der Waals surface area contributed by atoms with Gasteiger partial charge >= 0.3 is 0 Å². The second-order valence-corrected chi connectivity index (χ2v) is 6.38. The lowest BCUT2D eigenvalue weighted by molar-refractivity contribution is 0.169. The van der Waals surface area contributed by atoms with Gasteiger partial charge in [-0.05, 0) is 44.7 Å². The molecule has 1 N–H and O–H groups in total. The second-order valence-electron chi connectivity index (χ2n) is 6.38. The van der Waals surface area contributed by atoms with Crippen molar-refractivity contribution < 1.29 is 0 Å². The van der Waals surface area contributed by atoms with Crippen LogP contribution in [0.4, 0.5) is 0 Å². The summed E-state index contributed by atoms with van der Waals surface area (Å²) in [7, 11) is 0. The van der Waals surface area contributed by atoms with Crippen LogP contribution in [-0.4, -0.2) is 37.1 Å². The van der Waals surface area contributed by atoms with Gasteiger partial charge in [0.15, 0.2) is 0 Å². The molecule has 1 rings (SSSR count). The van der Waals surface area contributed by atoms with Crippen molar-refractivity contribution in [3.8, 4) is 0 Å². The summed E-state index contributed by atoms with van der Waals surface area (Å²) >= 11 is 0. The maximum Gasteiger partial charge on any atom is 0.00510 e. The van der Waals surface area contributed by atoms with E-state index in [1.54, 1.807) is 0 Å². The van der Waals surface area contributed by atoms with Gasteiger partial charge in [-0.3, -0.25) is 0 Å². The third-order valence-electron chi connectivity index (χ3n) is 4.32. The Morgan fingerprint density at radius 3 is 2.72 bits per heavy atom. The summed E-state index contributed by atoms with van der Waals surface area (Å²) in [4.78, 5) is 2.73. The molecule has 3 atom stereocenters. The smallest absolute Gasteiger partial charge is 0.00510 e. The van der Waals surface area contributed by atoms with Gasteiger partial charge < -0.3 is 10.2 Å². The maximum atomic E-state index is 3.63. The van der Waals surface area contributed by atoms with Crippen molar-refractivity contribution in [3.05, 3.63) is 0 Å². The molecule has 18 heavy (non-hydrogen) atoms. The van der Waals surface area contributed by atoms with Crippen LogP contribution in [-0.2, 0) is 0 Å². The van der Waals surface area contributed by atoms with E-state index in [0.717, 1.165) is 11.8 Å². The Morgan fingerprint density at radius 1 is 1.28 bits per heavy atom. The van der Waals surface area contributed by atoms with E-state index >= 15 is 0 Å². The van der Waals surface area contributed by atoms with Gasteiger partial charge in [-0.1, -0.05) is 40.0 Å². The molecule has 0 saturated carbocycles. The zero-order valence-corrected chi connectivity index (χ0v) is 13.0. The molecule has 0 aromatic heterocycles. The minimum absolute atomic E-state index is 0.686. The van der Waals surface area contributed by atoms with Crippen molar-refractivity contribution in [2.75, 3.05) is 26.2 Å². The first-order valence-electron chi connectivity index (χ1n) is 8.11. The molecule has 0 aromatic carbocycles. The molecule has 1 fully saturated rings. The van der Waals surface area contributed by atoms with Crippen LogP contribution < -0.4 is 5.32 Å². The van der Waals surface area contributed by atoms with Gasteiger partial charge in [0.2, 0.25) is 0 Å². The minimum atomic E-state index is 0.686. The lowest BCUT2D eigenvalue weighted by Gasteiger charge is -2.33. The first kappa shape index (κ1) is 16.0. The van der Waals surface area contributed by atoms with Crippen LogP contribution in [0, 0.1) is 11.8 Å². The monoisotopic (exact) mass is 254 g/mol. The molecular weight excluding hydrogens is 220 g/mol. The molecule has 2 heteroatoms. The highest BCUT2D eigenvalue weighted by Gasteiger charge is 2.18. The van der Waals surface area contributed by atoms with E-state index in [1.807, 2.05) is 0 Å². The van der Waals surface area contributed by atoms with E-state index in [9.17, 15) is 0 Å². The second kappa shape index (κ2) is 8.92. The van der Waals surface area contributed by atoms with Crippen LogP contribution in [0.15, 0.2) is 0 Å². The van der Waals surface area contributed by atoms with E-state index in [-0.39, 0.29) is 0 Å². The van der Waals surface area contributed by atoms with Crippen LogP contribution in [0.2, 0.25) is 0 Å². The van der Waals surface area contributed by atoms with Gasteiger partial charge in [0.05, 0.1) is 0 Å². The molecule has 0 aliphatic carbocycles. The van der Waals surface area contributed by atoms with E-state index in [2.05, 4.69) is 37.9 Å². The van der Waals surface area contributed by atoms with Crippen molar-refractivity contribution in [3.63, 3.8) is 0 Å². The average molecular weight is 254 g/mol. The summed E-state index contributed by atoms with van der Waals surface area (Å²) in [5.41, 5.74) is 0. The fraction of sp³-hybridized carbons (Fsp3) is 1.00. The predicted molar refractivity (Wildman–Crippen MR) is 81.0 cm³/mol. The summed E-state index contributed by atoms with van der Waals surface area (Å²) in [6.07, 6.45) is 6.81. The molecule has 1 aliphatic rings. The van der Waals surface area contributed by atoms with Crippen LogP contribution in [0.1, 0.15) is 59.8 Å². The molecule has 0 spiro atoms. The topological polar surface area (TPSA) is 15.3 Å². The van der Waals surface area contributed by atoms with Crippen molar-refractivity contribution in [2.24, 2.45) is 11.8 Å². The number of hydrogen-bond donors (Lipinski definition) is 1. The predicted octanol–water partition coefficient (Wildman–Crippen LogP) is 3.52. The number of nitrogens with zero attached hydrogens (tertiary/aromatic N) is 1. The van der Waals surface area contributed by atoms with E-state index < -0.39 is 0 Å². The Hall–Kier alpha value is -0.0800. The van der Waals surface area contributed by atoms with Crippen molar-refractivity contribution in [1.82, 2.24) is 10.2 Å².